The maximum absolute atomic E-state index is 13.3. The number of nitrogens with two attached hydrogens (primary N) is 1. The summed E-state index contributed by atoms with van der Waals surface area (Å²) in [6.45, 7) is 5.94. The van der Waals surface area contributed by atoms with E-state index in [4.69, 9.17) is 5.73 Å². The first-order valence-electron chi connectivity index (χ1n) is 11.1. The van der Waals surface area contributed by atoms with Crippen molar-refractivity contribution in [3.05, 3.63) is 76.7 Å². The average Bonchev–Trinajstić information content (AvgIpc) is 3.13. The zero-order valence-electron chi connectivity index (χ0n) is 19.1. The monoisotopic (exact) mass is 447 g/mol. The quantitative estimate of drug-likeness (QED) is 0.265. The number of aliphatic imine (C=N–C) groups is 1. The van der Waals surface area contributed by atoms with Gasteiger partial charge < -0.3 is 16.4 Å². The number of aromatic nitrogens is 2. The fraction of sp³-hybridized carbons (Fsp3) is 0.320. The third-order valence-corrected chi connectivity index (χ3v) is 5.28. The Kier molecular flexibility index (Phi) is 8.42. The van der Waals surface area contributed by atoms with Crippen molar-refractivity contribution in [1.82, 2.24) is 20.4 Å². The number of hydrogen-bond acceptors (Lipinski definition) is 4. The Morgan fingerprint density at radius 1 is 1.18 bits per heavy atom. The summed E-state index contributed by atoms with van der Waals surface area (Å²) in [5, 5.41) is 20.7. The number of nitriles is 1. The van der Waals surface area contributed by atoms with E-state index in [0.29, 0.717) is 36.6 Å². The summed E-state index contributed by atoms with van der Waals surface area (Å²) in [5.41, 5.74) is 10.1. The molecule has 0 bridgehead atoms. The first-order chi connectivity index (χ1) is 16.0. The van der Waals surface area contributed by atoms with Gasteiger partial charge in [0.05, 0.1) is 11.4 Å². The van der Waals surface area contributed by atoms with E-state index in [1.54, 1.807) is 10.7 Å². The minimum Gasteiger partial charge on any atom is -0.382 e. The van der Waals surface area contributed by atoms with Crippen LogP contribution in [0.3, 0.4) is 0 Å². The van der Waals surface area contributed by atoms with E-state index in [9.17, 15) is 9.65 Å². The maximum Gasteiger partial charge on any atom is 0.191 e. The van der Waals surface area contributed by atoms with Crippen LogP contribution in [0.15, 0.2) is 53.5 Å². The van der Waals surface area contributed by atoms with Gasteiger partial charge in [0, 0.05) is 19.6 Å². The lowest BCUT2D eigenvalue weighted by Crippen LogP contribution is -2.38. The molecule has 0 unspecified atom stereocenters. The smallest absolute Gasteiger partial charge is 0.191 e. The molecule has 7 nitrogen and oxygen atoms in total. The van der Waals surface area contributed by atoms with E-state index in [0.717, 1.165) is 42.2 Å². The average molecular weight is 448 g/mol. The molecule has 0 spiro atoms. The van der Waals surface area contributed by atoms with Crippen molar-refractivity contribution in [2.24, 2.45) is 4.99 Å². The van der Waals surface area contributed by atoms with Gasteiger partial charge in [-0.3, -0.25) is 4.99 Å². The Balaban J connectivity index is 1.57. The Labute approximate surface area is 194 Å². The van der Waals surface area contributed by atoms with Gasteiger partial charge in [-0.25, -0.2) is 9.07 Å². The van der Waals surface area contributed by atoms with E-state index in [2.05, 4.69) is 26.8 Å². The number of anilines is 1. The summed E-state index contributed by atoms with van der Waals surface area (Å²) >= 11 is 0. The first-order valence-corrected chi connectivity index (χ1v) is 11.1. The van der Waals surface area contributed by atoms with E-state index in [1.807, 2.05) is 50.2 Å². The van der Waals surface area contributed by atoms with Crippen LogP contribution in [-0.4, -0.2) is 35.4 Å². The Morgan fingerprint density at radius 2 is 1.97 bits per heavy atom. The van der Waals surface area contributed by atoms with Gasteiger partial charge in [-0.2, -0.15) is 10.4 Å². The number of para-hydroxylation sites is 1. The molecule has 2 aromatic carbocycles. The minimum atomic E-state index is -0.214. The highest BCUT2D eigenvalue weighted by atomic mass is 19.1. The summed E-state index contributed by atoms with van der Waals surface area (Å²) in [7, 11) is 0. The Bertz CT molecular complexity index is 1130. The fourth-order valence-corrected chi connectivity index (χ4v) is 3.58. The van der Waals surface area contributed by atoms with Crippen molar-refractivity contribution in [1.29, 1.82) is 5.26 Å². The lowest BCUT2D eigenvalue weighted by molar-refractivity contribution is 0.625. The number of guanidine groups is 1. The normalized spacial score (nSPS) is 11.3. The van der Waals surface area contributed by atoms with Crippen molar-refractivity contribution in [2.45, 2.75) is 33.1 Å². The van der Waals surface area contributed by atoms with Crippen molar-refractivity contribution < 1.29 is 4.39 Å². The van der Waals surface area contributed by atoms with Crippen LogP contribution in [0.25, 0.3) is 5.69 Å². The van der Waals surface area contributed by atoms with Crippen molar-refractivity contribution in [3.63, 3.8) is 0 Å². The van der Waals surface area contributed by atoms with Gasteiger partial charge in [0.1, 0.15) is 23.3 Å². The van der Waals surface area contributed by atoms with Crippen molar-refractivity contribution >= 4 is 11.8 Å². The number of aryl methyl sites for hydroxylation is 2. The molecule has 3 rings (SSSR count). The lowest BCUT2D eigenvalue weighted by Gasteiger charge is -2.12. The van der Waals surface area contributed by atoms with Gasteiger partial charge in [-0.15, -0.1) is 0 Å². The van der Waals surface area contributed by atoms with E-state index >= 15 is 0 Å². The van der Waals surface area contributed by atoms with Crippen LogP contribution in [0, 0.1) is 24.1 Å². The number of nitrogens with one attached hydrogen (secondary N) is 2. The molecule has 172 valence electrons. The highest BCUT2D eigenvalue weighted by Gasteiger charge is 2.16. The molecule has 0 radical (unpaired) electrons. The van der Waals surface area contributed by atoms with Gasteiger partial charge in [-0.1, -0.05) is 24.3 Å². The van der Waals surface area contributed by atoms with Gasteiger partial charge in [0.25, 0.3) is 0 Å². The highest BCUT2D eigenvalue weighted by molar-refractivity contribution is 5.79. The lowest BCUT2D eigenvalue weighted by atomic mass is 10.1. The topological polar surface area (TPSA) is 104 Å². The summed E-state index contributed by atoms with van der Waals surface area (Å²) in [6.07, 6.45) is 2.11. The number of hydrogen-bond donors (Lipinski definition) is 3. The molecule has 8 heteroatoms. The molecule has 0 aliphatic rings. The maximum atomic E-state index is 13.3. The van der Waals surface area contributed by atoms with Gasteiger partial charge in [0.2, 0.25) is 0 Å². The third-order valence-electron chi connectivity index (χ3n) is 5.28. The van der Waals surface area contributed by atoms with Gasteiger partial charge in [0.15, 0.2) is 5.96 Å². The SMILES string of the molecule is CCNC(=NCCCc1nn(-c2ccccc2)c(N)c1C#N)NCCc1ccc(F)cc1C. The number of rotatable bonds is 9. The molecule has 3 aromatic rings. The first kappa shape index (κ1) is 23.8. The zero-order valence-corrected chi connectivity index (χ0v) is 19.1. The molecular weight excluding hydrogens is 417 g/mol. The minimum absolute atomic E-state index is 0.214. The molecule has 4 N–H and O–H groups in total. The molecule has 0 fully saturated rings. The molecule has 33 heavy (non-hydrogen) atoms. The second-order valence-electron chi connectivity index (χ2n) is 7.68. The molecule has 0 saturated carbocycles. The Morgan fingerprint density at radius 3 is 2.67 bits per heavy atom. The number of nitrogens with zero attached hydrogens (tertiary/aromatic N) is 4. The fourth-order valence-electron chi connectivity index (χ4n) is 3.58. The summed E-state index contributed by atoms with van der Waals surface area (Å²) in [6, 6.07) is 16.6. The molecule has 1 aromatic heterocycles. The molecule has 1 heterocycles. The van der Waals surface area contributed by atoms with Crippen LogP contribution in [0.5, 0.6) is 0 Å². The van der Waals surface area contributed by atoms with Gasteiger partial charge >= 0.3 is 0 Å². The standard InChI is InChI=1S/C25H30FN7/c1-3-29-25(31-15-13-19-11-12-20(26)16-18(19)2)30-14-7-10-23-22(17-27)24(28)33(32-23)21-8-5-4-6-9-21/h4-6,8-9,11-12,16H,3,7,10,13-15,28H2,1-2H3,(H2,29,30,31). The molecule has 0 aliphatic carbocycles. The van der Waals surface area contributed by atoms with Crippen LogP contribution in [-0.2, 0) is 12.8 Å². The molecule has 0 saturated heterocycles. The van der Waals surface area contributed by atoms with E-state index in [1.165, 1.54) is 6.07 Å². The number of nitrogen functional groups attached to an aromatic ring is 1. The van der Waals surface area contributed by atoms with Crippen molar-refractivity contribution in [3.8, 4) is 11.8 Å². The van der Waals surface area contributed by atoms with Crippen molar-refractivity contribution in [2.75, 3.05) is 25.4 Å². The second-order valence-corrected chi connectivity index (χ2v) is 7.68. The van der Waals surface area contributed by atoms with E-state index < -0.39 is 0 Å². The van der Waals surface area contributed by atoms with Crippen LogP contribution in [0.4, 0.5) is 10.2 Å². The van der Waals surface area contributed by atoms with Crippen LogP contribution >= 0.6 is 0 Å². The largest absolute Gasteiger partial charge is 0.382 e. The predicted octanol–water partition coefficient (Wildman–Crippen LogP) is 3.50. The predicted molar refractivity (Wildman–Crippen MR) is 130 cm³/mol. The van der Waals surface area contributed by atoms with Crippen LogP contribution in [0.1, 0.15) is 35.7 Å². The third kappa shape index (κ3) is 6.32. The number of benzene rings is 2. The molecule has 0 atom stereocenters. The summed E-state index contributed by atoms with van der Waals surface area (Å²) < 4.78 is 14.9. The van der Waals surface area contributed by atoms with Crippen LogP contribution < -0.4 is 16.4 Å². The molecule has 0 amide bonds. The Hall–Kier alpha value is -3.86. The van der Waals surface area contributed by atoms with E-state index in [-0.39, 0.29) is 5.82 Å². The molecular formula is C25H30FN7. The van der Waals surface area contributed by atoms with Crippen LogP contribution in [0.2, 0.25) is 0 Å². The summed E-state index contributed by atoms with van der Waals surface area (Å²) in [4.78, 5) is 4.62. The second kappa shape index (κ2) is 11.7. The zero-order chi connectivity index (χ0) is 23.6. The summed E-state index contributed by atoms with van der Waals surface area (Å²) in [5.74, 6) is 0.870. The number of halogens is 1. The molecule has 0 aliphatic heterocycles. The van der Waals surface area contributed by atoms with Gasteiger partial charge in [-0.05, 0) is 68.5 Å². The highest BCUT2D eigenvalue weighted by Crippen LogP contribution is 2.21.